The smallest absolute Gasteiger partial charge is 0.123 e. The molecule has 3 heteroatoms. The highest BCUT2D eigenvalue weighted by Crippen LogP contribution is 2.55. The summed E-state index contributed by atoms with van der Waals surface area (Å²) < 4.78 is 6.33. The van der Waals surface area contributed by atoms with Gasteiger partial charge in [0.25, 0.3) is 0 Å². The molecule has 1 aliphatic carbocycles. The fourth-order valence-electron chi connectivity index (χ4n) is 3.86. The summed E-state index contributed by atoms with van der Waals surface area (Å²) in [4.78, 5) is 0.528. The molecule has 0 bridgehead atoms. The van der Waals surface area contributed by atoms with Crippen molar-refractivity contribution >= 4 is 15.9 Å². The Balaban J connectivity index is 2.04. The minimum Gasteiger partial charge on any atom is -0.508 e. The molecule has 0 spiro atoms. The maximum absolute atomic E-state index is 9.67. The molecule has 1 saturated carbocycles. The second-order valence-electron chi connectivity index (χ2n) is 6.79. The first kappa shape index (κ1) is 13.3. The lowest BCUT2D eigenvalue weighted by Gasteiger charge is -2.55. The predicted molar refractivity (Wildman–Crippen MR) is 80.1 cm³/mol. The Morgan fingerprint density at radius 1 is 1.32 bits per heavy atom. The van der Waals surface area contributed by atoms with E-state index in [0.717, 1.165) is 30.6 Å². The van der Waals surface area contributed by atoms with E-state index in [0.29, 0.717) is 16.5 Å². The predicted octanol–water partition coefficient (Wildman–Crippen LogP) is 4.29. The summed E-state index contributed by atoms with van der Waals surface area (Å²) in [5, 5.41) is 9.67. The molecule has 2 aliphatic rings. The molecule has 0 aromatic heterocycles. The molecule has 1 aliphatic heterocycles. The van der Waals surface area contributed by atoms with Gasteiger partial charge in [-0.25, -0.2) is 0 Å². The van der Waals surface area contributed by atoms with Gasteiger partial charge in [0.1, 0.15) is 17.1 Å². The summed E-state index contributed by atoms with van der Waals surface area (Å²) >= 11 is 3.85. The highest BCUT2D eigenvalue weighted by Gasteiger charge is 2.54. The summed E-state index contributed by atoms with van der Waals surface area (Å²) in [6.07, 6.45) is 3.21. The maximum Gasteiger partial charge on any atom is 0.123 e. The number of benzene rings is 1. The fraction of sp³-hybridized carbons (Fsp3) is 0.625. The fourth-order valence-corrected chi connectivity index (χ4v) is 4.41. The number of aromatic hydroxyl groups is 1. The molecule has 0 amide bonds. The summed E-state index contributed by atoms with van der Waals surface area (Å²) in [6, 6.07) is 5.46. The largest absolute Gasteiger partial charge is 0.508 e. The van der Waals surface area contributed by atoms with E-state index in [1.54, 1.807) is 6.07 Å². The molecule has 1 aromatic rings. The zero-order valence-corrected chi connectivity index (χ0v) is 13.3. The Labute approximate surface area is 123 Å². The molecule has 1 N–H and O–H groups in total. The van der Waals surface area contributed by atoms with Gasteiger partial charge in [-0.15, -0.1) is 0 Å². The number of fused-ring (bicyclic) bond motifs is 2. The highest BCUT2D eigenvalue weighted by atomic mass is 79.9. The van der Waals surface area contributed by atoms with Crippen LogP contribution in [0.25, 0.3) is 0 Å². The van der Waals surface area contributed by atoms with Crippen molar-refractivity contribution in [2.45, 2.75) is 50.5 Å². The SMILES string of the molecule is CC1(C)[C@@H](Br)CC[C@]2(C)Oc3ccc(O)cc3C[C@@H]12. The highest BCUT2D eigenvalue weighted by molar-refractivity contribution is 9.09. The van der Waals surface area contributed by atoms with Crippen molar-refractivity contribution in [1.29, 1.82) is 0 Å². The van der Waals surface area contributed by atoms with Gasteiger partial charge in [0.05, 0.1) is 0 Å². The van der Waals surface area contributed by atoms with E-state index < -0.39 is 0 Å². The molecule has 3 atom stereocenters. The second kappa shape index (κ2) is 4.15. The number of phenolic OH excluding ortho intramolecular Hbond substituents is 1. The minimum absolute atomic E-state index is 0.0856. The third kappa shape index (κ3) is 1.97. The van der Waals surface area contributed by atoms with Crippen molar-refractivity contribution < 1.29 is 9.84 Å². The van der Waals surface area contributed by atoms with Crippen molar-refractivity contribution in [3.8, 4) is 11.5 Å². The van der Waals surface area contributed by atoms with Crippen LogP contribution >= 0.6 is 15.9 Å². The van der Waals surface area contributed by atoms with Crippen LogP contribution in [0.2, 0.25) is 0 Å². The number of hydrogen-bond acceptors (Lipinski definition) is 2. The summed E-state index contributed by atoms with van der Waals surface area (Å²) in [5.41, 5.74) is 1.24. The van der Waals surface area contributed by atoms with Gasteiger partial charge in [0.2, 0.25) is 0 Å². The monoisotopic (exact) mass is 324 g/mol. The zero-order chi connectivity index (χ0) is 13.8. The summed E-state index contributed by atoms with van der Waals surface area (Å²) in [7, 11) is 0. The van der Waals surface area contributed by atoms with Gasteiger partial charge in [0, 0.05) is 10.7 Å². The third-order valence-corrected chi connectivity index (χ3v) is 6.79. The molecule has 19 heavy (non-hydrogen) atoms. The number of halogens is 1. The van der Waals surface area contributed by atoms with Gasteiger partial charge >= 0.3 is 0 Å². The summed E-state index contributed by atoms with van der Waals surface area (Å²) in [5.74, 6) is 1.74. The topological polar surface area (TPSA) is 29.5 Å². The molecule has 0 unspecified atom stereocenters. The zero-order valence-electron chi connectivity index (χ0n) is 11.7. The molecular formula is C16H21BrO2. The normalized spacial score (nSPS) is 36.0. The van der Waals surface area contributed by atoms with Crippen LogP contribution in [-0.2, 0) is 6.42 Å². The number of ether oxygens (including phenoxy) is 1. The first-order valence-electron chi connectivity index (χ1n) is 6.98. The van der Waals surface area contributed by atoms with Crippen LogP contribution in [0.1, 0.15) is 39.2 Å². The van der Waals surface area contributed by atoms with Gasteiger partial charge in [-0.3, -0.25) is 0 Å². The van der Waals surface area contributed by atoms with E-state index in [-0.39, 0.29) is 11.0 Å². The first-order chi connectivity index (χ1) is 8.83. The Hall–Kier alpha value is -0.700. The summed E-state index contributed by atoms with van der Waals surface area (Å²) in [6.45, 7) is 6.89. The van der Waals surface area contributed by atoms with Gasteiger partial charge < -0.3 is 9.84 Å². The van der Waals surface area contributed by atoms with Crippen LogP contribution in [0.15, 0.2) is 18.2 Å². The van der Waals surface area contributed by atoms with Crippen LogP contribution in [0, 0.1) is 11.3 Å². The Morgan fingerprint density at radius 2 is 2.05 bits per heavy atom. The average Bonchev–Trinajstić information content (AvgIpc) is 2.34. The van der Waals surface area contributed by atoms with Crippen molar-refractivity contribution in [2.75, 3.05) is 0 Å². The van der Waals surface area contributed by atoms with Gasteiger partial charge in [0.15, 0.2) is 0 Å². The van der Waals surface area contributed by atoms with Crippen LogP contribution in [-0.4, -0.2) is 15.5 Å². The third-order valence-electron chi connectivity index (χ3n) is 5.15. The molecular weight excluding hydrogens is 304 g/mol. The van der Waals surface area contributed by atoms with Crippen LogP contribution < -0.4 is 4.74 Å². The molecule has 1 fully saturated rings. The minimum atomic E-state index is -0.0856. The number of rotatable bonds is 0. The quantitative estimate of drug-likeness (QED) is 0.721. The van der Waals surface area contributed by atoms with E-state index in [4.69, 9.17) is 4.74 Å². The number of hydrogen-bond donors (Lipinski definition) is 1. The Bertz CT molecular complexity index is 511. The van der Waals surface area contributed by atoms with E-state index in [1.807, 2.05) is 12.1 Å². The van der Waals surface area contributed by atoms with Crippen LogP contribution in [0.4, 0.5) is 0 Å². The van der Waals surface area contributed by atoms with E-state index in [9.17, 15) is 5.11 Å². The van der Waals surface area contributed by atoms with E-state index in [1.165, 1.54) is 0 Å². The van der Waals surface area contributed by atoms with Gasteiger partial charge in [-0.1, -0.05) is 29.8 Å². The van der Waals surface area contributed by atoms with E-state index in [2.05, 4.69) is 36.7 Å². The second-order valence-corrected chi connectivity index (χ2v) is 7.90. The molecule has 104 valence electrons. The van der Waals surface area contributed by atoms with Crippen molar-refractivity contribution in [3.05, 3.63) is 23.8 Å². The van der Waals surface area contributed by atoms with Crippen molar-refractivity contribution in [1.82, 2.24) is 0 Å². The lowest BCUT2D eigenvalue weighted by Crippen LogP contribution is -2.57. The van der Waals surface area contributed by atoms with E-state index >= 15 is 0 Å². The number of alkyl halides is 1. The standard InChI is InChI=1S/C16H21BrO2/c1-15(2)13-9-10-8-11(18)4-5-12(10)19-16(13,3)7-6-14(15)17/h4-5,8,13-14,18H,6-7,9H2,1-3H3/t13-,14-,16-/m0/s1. The number of phenols is 1. The van der Waals surface area contributed by atoms with Gasteiger partial charge in [-0.2, -0.15) is 0 Å². The first-order valence-corrected chi connectivity index (χ1v) is 7.89. The average molecular weight is 325 g/mol. The lowest BCUT2D eigenvalue weighted by atomic mass is 9.59. The molecule has 2 nitrogen and oxygen atoms in total. The Morgan fingerprint density at radius 3 is 2.79 bits per heavy atom. The molecule has 0 saturated heterocycles. The molecule has 3 rings (SSSR count). The molecule has 1 heterocycles. The lowest BCUT2D eigenvalue weighted by molar-refractivity contribution is -0.0773. The molecule has 0 radical (unpaired) electrons. The van der Waals surface area contributed by atoms with Crippen LogP contribution in [0.3, 0.4) is 0 Å². The van der Waals surface area contributed by atoms with Crippen LogP contribution in [0.5, 0.6) is 11.5 Å². The van der Waals surface area contributed by atoms with Crippen molar-refractivity contribution in [2.24, 2.45) is 11.3 Å². The Kier molecular flexibility index (Phi) is 2.90. The van der Waals surface area contributed by atoms with Gasteiger partial charge in [-0.05, 0) is 55.4 Å². The molecule has 1 aromatic carbocycles. The van der Waals surface area contributed by atoms with Crippen molar-refractivity contribution in [3.63, 3.8) is 0 Å². The maximum atomic E-state index is 9.67.